The van der Waals surface area contributed by atoms with Crippen LogP contribution >= 0.6 is 11.3 Å². The average Bonchev–Trinajstić information content (AvgIpc) is 3.20. The normalized spacial score (nSPS) is 11.6. The maximum absolute atomic E-state index is 12.8. The average molecular weight is 396 g/mol. The van der Waals surface area contributed by atoms with Gasteiger partial charge in [-0.2, -0.15) is 0 Å². The molecule has 0 atom stereocenters. The first kappa shape index (κ1) is 17.7. The fourth-order valence-corrected chi connectivity index (χ4v) is 4.47. The second kappa shape index (κ2) is 7.48. The number of thiazole rings is 1. The summed E-state index contributed by atoms with van der Waals surface area (Å²) in [4.78, 5) is 4.35. The molecule has 0 aliphatic carbocycles. The molecule has 0 unspecified atom stereocenters. The molecule has 0 radical (unpaired) electrons. The molecule has 0 amide bonds. The van der Waals surface area contributed by atoms with E-state index in [9.17, 15) is 8.42 Å². The number of hydrogen-bond donors (Lipinski definition) is 1. The molecule has 0 bridgehead atoms. The molecule has 0 saturated carbocycles. The molecule has 4 aromatic rings. The summed E-state index contributed by atoms with van der Waals surface area (Å²) in [5, 5.41) is 4.01. The van der Waals surface area contributed by atoms with Gasteiger partial charge in [0.15, 0.2) is 0 Å². The number of fused-ring (bicyclic) bond motifs is 1. The van der Waals surface area contributed by atoms with Gasteiger partial charge in [0.1, 0.15) is 5.75 Å². The van der Waals surface area contributed by atoms with Crippen LogP contribution in [0.3, 0.4) is 0 Å². The molecule has 0 saturated heterocycles. The fourth-order valence-electron chi connectivity index (χ4n) is 2.72. The summed E-state index contributed by atoms with van der Waals surface area (Å²) in [7, 11) is -3.63. The zero-order valence-electron chi connectivity index (χ0n) is 14.2. The summed E-state index contributed by atoms with van der Waals surface area (Å²) in [5.41, 5.74) is 0.838. The molecule has 4 rings (SSSR count). The van der Waals surface area contributed by atoms with E-state index in [1.54, 1.807) is 30.5 Å². The minimum atomic E-state index is -3.63. The van der Waals surface area contributed by atoms with Crippen molar-refractivity contribution in [3.05, 3.63) is 83.9 Å². The standard InChI is InChI=1S/C20H16N2O3S2/c23-27(24,19-7-3-5-16-4-1-2-6-18(16)19)22-14-15-8-10-17(11-9-15)25-20-21-12-13-26-20/h1-13,22H,14H2. The molecular formula is C20H16N2O3S2. The molecular weight excluding hydrogens is 380 g/mol. The van der Waals surface area contributed by atoms with Gasteiger partial charge in [0.05, 0.1) is 4.90 Å². The van der Waals surface area contributed by atoms with Crippen molar-refractivity contribution >= 4 is 32.1 Å². The first-order valence-electron chi connectivity index (χ1n) is 8.25. The van der Waals surface area contributed by atoms with Crippen LogP contribution in [0.2, 0.25) is 0 Å². The maximum Gasteiger partial charge on any atom is 0.278 e. The van der Waals surface area contributed by atoms with Crippen molar-refractivity contribution in [1.82, 2.24) is 9.71 Å². The molecule has 1 heterocycles. The molecule has 0 fully saturated rings. The lowest BCUT2D eigenvalue weighted by Crippen LogP contribution is -2.23. The lowest BCUT2D eigenvalue weighted by atomic mass is 10.1. The van der Waals surface area contributed by atoms with E-state index in [1.807, 2.05) is 47.8 Å². The van der Waals surface area contributed by atoms with Gasteiger partial charge in [-0.05, 0) is 29.1 Å². The van der Waals surface area contributed by atoms with Gasteiger partial charge in [0, 0.05) is 23.5 Å². The highest BCUT2D eigenvalue weighted by molar-refractivity contribution is 7.89. The van der Waals surface area contributed by atoms with Gasteiger partial charge in [-0.1, -0.05) is 59.9 Å². The third kappa shape index (κ3) is 4.00. The SMILES string of the molecule is O=S(=O)(NCc1ccc(Oc2nccs2)cc1)c1cccc2ccccc12. The Balaban J connectivity index is 1.49. The quantitative estimate of drug-likeness (QED) is 0.518. The van der Waals surface area contributed by atoms with Gasteiger partial charge < -0.3 is 4.74 Å². The smallest absolute Gasteiger partial charge is 0.278 e. The van der Waals surface area contributed by atoms with Crippen LogP contribution in [-0.4, -0.2) is 13.4 Å². The van der Waals surface area contributed by atoms with Crippen molar-refractivity contribution in [2.75, 3.05) is 0 Å². The fraction of sp³-hybridized carbons (Fsp3) is 0.0500. The Hall–Kier alpha value is -2.74. The molecule has 3 aromatic carbocycles. The van der Waals surface area contributed by atoms with Crippen molar-refractivity contribution in [2.24, 2.45) is 0 Å². The van der Waals surface area contributed by atoms with Gasteiger partial charge >= 0.3 is 0 Å². The van der Waals surface area contributed by atoms with E-state index in [-0.39, 0.29) is 11.4 Å². The Morgan fingerprint density at radius 1 is 0.963 bits per heavy atom. The Kier molecular flexibility index (Phi) is 4.89. The molecule has 1 N–H and O–H groups in total. The van der Waals surface area contributed by atoms with Crippen molar-refractivity contribution in [3.8, 4) is 10.9 Å². The highest BCUT2D eigenvalue weighted by atomic mass is 32.2. The van der Waals surface area contributed by atoms with Gasteiger partial charge in [0.25, 0.3) is 5.19 Å². The molecule has 5 nitrogen and oxygen atoms in total. The van der Waals surface area contributed by atoms with Gasteiger partial charge in [-0.3, -0.25) is 0 Å². The van der Waals surface area contributed by atoms with Crippen LogP contribution in [0.1, 0.15) is 5.56 Å². The minimum Gasteiger partial charge on any atom is -0.431 e. The number of nitrogens with zero attached hydrogens (tertiary/aromatic N) is 1. The summed E-state index contributed by atoms with van der Waals surface area (Å²) < 4.78 is 33.8. The lowest BCUT2D eigenvalue weighted by Gasteiger charge is -2.10. The predicted molar refractivity (Wildman–Crippen MR) is 107 cm³/mol. The molecule has 7 heteroatoms. The largest absolute Gasteiger partial charge is 0.431 e. The zero-order valence-corrected chi connectivity index (χ0v) is 15.8. The molecule has 136 valence electrons. The van der Waals surface area contributed by atoms with Crippen molar-refractivity contribution in [1.29, 1.82) is 0 Å². The third-order valence-corrected chi connectivity index (χ3v) is 6.15. The summed E-state index contributed by atoms with van der Waals surface area (Å²) in [6.07, 6.45) is 1.68. The summed E-state index contributed by atoms with van der Waals surface area (Å²) in [5.74, 6) is 0.658. The number of aromatic nitrogens is 1. The molecule has 0 spiro atoms. The first-order valence-corrected chi connectivity index (χ1v) is 10.6. The van der Waals surface area contributed by atoms with E-state index in [0.717, 1.165) is 10.9 Å². The Labute approximate surface area is 161 Å². The lowest BCUT2D eigenvalue weighted by molar-refractivity contribution is 0.478. The van der Waals surface area contributed by atoms with Crippen molar-refractivity contribution in [2.45, 2.75) is 11.4 Å². The van der Waals surface area contributed by atoms with Crippen LogP contribution in [-0.2, 0) is 16.6 Å². The van der Waals surface area contributed by atoms with E-state index in [2.05, 4.69) is 9.71 Å². The van der Waals surface area contributed by atoms with Crippen LogP contribution < -0.4 is 9.46 Å². The van der Waals surface area contributed by atoms with Crippen LogP contribution in [0.25, 0.3) is 10.8 Å². The number of hydrogen-bond acceptors (Lipinski definition) is 5. The molecule has 1 aromatic heterocycles. The van der Waals surface area contributed by atoms with Crippen LogP contribution in [0.4, 0.5) is 0 Å². The monoisotopic (exact) mass is 396 g/mol. The number of benzene rings is 3. The Bertz CT molecular complexity index is 1150. The summed E-state index contributed by atoms with van der Waals surface area (Å²) >= 11 is 1.41. The number of ether oxygens (including phenoxy) is 1. The molecule has 0 aliphatic heterocycles. The van der Waals surface area contributed by atoms with Gasteiger partial charge in [-0.15, -0.1) is 0 Å². The third-order valence-electron chi connectivity index (χ3n) is 4.04. The number of sulfonamides is 1. The minimum absolute atomic E-state index is 0.198. The number of rotatable bonds is 6. The van der Waals surface area contributed by atoms with E-state index in [4.69, 9.17) is 4.74 Å². The highest BCUT2D eigenvalue weighted by Crippen LogP contribution is 2.24. The van der Waals surface area contributed by atoms with Gasteiger partial charge in [-0.25, -0.2) is 18.1 Å². The van der Waals surface area contributed by atoms with Crippen molar-refractivity contribution < 1.29 is 13.2 Å². The first-order chi connectivity index (χ1) is 13.1. The zero-order chi connectivity index (χ0) is 18.7. The van der Waals surface area contributed by atoms with Crippen LogP contribution in [0.15, 0.2) is 83.2 Å². The Morgan fingerprint density at radius 3 is 2.52 bits per heavy atom. The predicted octanol–water partition coefficient (Wildman–Crippen LogP) is 4.57. The van der Waals surface area contributed by atoms with E-state index in [1.165, 1.54) is 11.3 Å². The summed E-state index contributed by atoms with van der Waals surface area (Å²) in [6, 6.07) is 20.0. The van der Waals surface area contributed by atoms with E-state index < -0.39 is 10.0 Å². The maximum atomic E-state index is 12.8. The van der Waals surface area contributed by atoms with Gasteiger partial charge in [0.2, 0.25) is 10.0 Å². The van der Waals surface area contributed by atoms with Crippen molar-refractivity contribution in [3.63, 3.8) is 0 Å². The molecule has 27 heavy (non-hydrogen) atoms. The number of nitrogens with one attached hydrogen (secondary N) is 1. The summed E-state index contributed by atoms with van der Waals surface area (Å²) in [6.45, 7) is 0.198. The van der Waals surface area contributed by atoms with Crippen LogP contribution in [0, 0.1) is 0 Å². The van der Waals surface area contributed by atoms with Crippen LogP contribution in [0.5, 0.6) is 10.9 Å². The second-order valence-corrected chi connectivity index (χ2v) is 8.44. The second-order valence-electron chi connectivity index (χ2n) is 5.85. The topological polar surface area (TPSA) is 68.3 Å². The highest BCUT2D eigenvalue weighted by Gasteiger charge is 2.16. The van der Waals surface area contributed by atoms with E-state index in [0.29, 0.717) is 16.3 Å². The van der Waals surface area contributed by atoms with E-state index >= 15 is 0 Å². The Morgan fingerprint density at radius 2 is 1.74 bits per heavy atom. The molecule has 0 aliphatic rings.